The summed E-state index contributed by atoms with van der Waals surface area (Å²) < 4.78 is 7.07. The van der Waals surface area contributed by atoms with Crippen molar-refractivity contribution in [2.24, 2.45) is 5.11 Å². The molecule has 0 spiro atoms. The van der Waals surface area contributed by atoms with Gasteiger partial charge in [0, 0.05) is 36.3 Å². The zero-order valence-electron chi connectivity index (χ0n) is 15.0. The molecule has 0 amide bonds. The van der Waals surface area contributed by atoms with Crippen LogP contribution in [0.1, 0.15) is 26.3 Å². The van der Waals surface area contributed by atoms with E-state index in [0.29, 0.717) is 12.2 Å². The summed E-state index contributed by atoms with van der Waals surface area (Å²) >= 11 is 0. The van der Waals surface area contributed by atoms with Crippen LogP contribution in [0.4, 0.5) is 0 Å². The Balaban J connectivity index is 0.000000952. The van der Waals surface area contributed by atoms with Gasteiger partial charge < -0.3 is 9.30 Å². The third-order valence-corrected chi connectivity index (χ3v) is 2.89. The smallest absolute Gasteiger partial charge is 0.173 e. The minimum absolute atomic E-state index is 0.0189. The number of amidine groups is 1. The standard InChI is InChI=1S/C14H16N4O.C3H6.C2H6/c1-19-9-3-2-7-18-8-6-11-10-12(14(15)17-16)4-5-13(11)18;1-3-2;1-2/h2-6,8,10,15-16H,7,9H2,1H3;3H,1H2,2H3;1-2H3/b3-2+,15-14?,17-16?;;. The van der Waals surface area contributed by atoms with E-state index in [-0.39, 0.29) is 5.84 Å². The predicted octanol–water partition coefficient (Wildman–Crippen LogP) is 5.42. The summed E-state index contributed by atoms with van der Waals surface area (Å²) in [6.07, 6.45) is 7.79. The summed E-state index contributed by atoms with van der Waals surface area (Å²) in [6.45, 7) is 10.7. The van der Waals surface area contributed by atoms with Crippen LogP contribution in [0.5, 0.6) is 0 Å². The van der Waals surface area contributed by atoms with E-state index < -0.39 is 0 Å². The van der Waals surface area contributed by atoms with E-state index in [2.05, 4.69) is 22.3 Å². The van der Waals surface area contributed by atoms with E-state index in [1.54, 1.807) is 13.2 Å². The molecular formula is C19H28N4O. The normalized spacial score (nSPS) is 9.67. The minimum Gasteiger partial charge on any atom is -0.381 e. The van der Waals surface area contributed by atoms with Gasteiger partial charge >= 0.3 is 0 Å². The van der Waals surface area contributed by atoms with Gasteiger partial charge in [0.25, 0.3) is 0 Å². The SMILES string of the molecule is C=CC.CC.COC/C=C/Cn1ccc2cc(C(=N)N=N)ccc21. The summed E-state index contributed by atoms with van der Waals surface area (Å²) in [5.74, 6) is -0.0189. The third kappa shape index (κ3) is 6.71. The van der Waals surface area contributed by atoms with E-state index in [1.807, 2.05) is 57.3 Å². The summed E-state index contributed by atoms with van der Waals surface area (Å²) in [4.78, 5) is 0. The molecule has 1 heterocycles. The molecule has 0 bridgehead atoms. The zero-order valence-corrected chi connectivity index (χ0v) is 15.0. The van der Waals surface area contributed by atoms with Gasteiger partial charge in [-0.15, -0.1) is 11.7 Å². The molecular weight excluding hydrogens is 300 g/mol. The number of ether oxygens (including phenoxy) is 1. The maximum absolute atomic E-state index is 7.53. The summed E-state index contributed by atoms with van der Waals surface area (Å²) in [6, 6.07) is 7.65. The first kappa shape index (κ1) is 21.5. The summed E-state index contributed by atoms with van der Waals surface area (Å²) in [5, 5.41) is 11.7. The molecule has 0 aliphatic heterocycles. The molecule has 0 aliphatic rings. The Kier molecular flexibility index (Phi) is 11.6. The van der Waals surface area contributed by atoms with Crippen molar-refractivity contribution < 1.29 is 4.74 Å². The second-order valence-corrected chi connectivity index (χ2v) is 4.54. The van der Waals surface area contributed by atoms with Gasteiger partial charge in [-0.25, -0.2) is 5.53 Å². The predicted molar refractivity (Wildman–Crippen MR) is 102 cm³/mol. The highest BCUT2D eigenvalue weighted by Gasteiger charge is 2.04. The lowest BCUT2D eigenvalue weighted by atomic mass is 10.1. The molecule has 2 rings (SSSR count). The minimum atomic E-state index is -0.0189. The average Bonchev–Trinajstić information content (AvgIpc) is 3.03. The number of methoxy groups -OCH3 is 1. The van der Waals surface area contributed by atoms with Crippen LogP contribution in [0, 0.1) is 10.9 Å². The van der Waals surface area contributed by atoms with E-state index in [9.17, 15) is 0 Å². The number of benzene rings is 1. The molecule has 0 aliphatic carbocycles. The van der Waals surface area contributed by atoms with Crippen LogP contribution in [0.3, 0.4) is 0 Å². The second-order valence-electron chi connectivity index (χ2n) is 4.54. The quantitative estimate of drug-likeness (QED) is 0.327. The summed E-state index contributed by atoms with van der Waals surface area (Å²) in [7, 11) is 1.67. The van der Waals surface area contributed by atoms with Crippen LogP contribution in [0.25, 0.3) is 10.9 Å². The van der Waals surface area contributed by atoms with Crippen LogP contribution in [-0.2, 0) is 11.3 Å². The Morgan fingerprint density at radius 3 is 2.54 bits per heavy atom. The fourth-order valence-electron chi connectivity index (χ4n) is 1.92. The number of fused-ring (bicyclic) bond motifs is 1. The van der Waals surface area contributed by atoms with Crippen molar-refractivity contribution in [2.75, 3.05) is 13.7 Å². The third-order valence-electron chi connectivity index (χ3n) is 2.89. The van der Waals surface area contributed by atoms with Crippen LogP contribution in [0.2, 0.25) is 0 Å². The van der Waals surface area contributed by atoms with Gasteiger partial charge in [0.15, 0.2) is 5.84 Å². The molecule has 0 fully saturated rings. The van der Waals surface area contributed by atoms with E-state index >= 15 is 0 Å². The highest BCUT2D eigenvalue weighted by molar-refractivity contribution is 5.99. The number of hydrogen-bond donors (Lipinski definition) is 2. The highest BCUT2D eigenvalue weighted by atomic mass is 16.5. The maximum Gasteiger partial charge on any atom is 0.173 e. The van der Waals surface area contributed by atoms with E-state index in [1.165, 1.54) is 0 Å². The fraction of sp³-hybridized carbons (Fsp3) is 0.316. The maximum atomic E-state index is 7.53. The van der Waals surface area contributed by atoms with Crippen LogP contribution >= 0.6 is 0 Å². The van der Waals surface area contributed by atoms with E-state index in [4.69, 9.17) is 15.7 Å². The Bertz CT molecular complexity index is 671. The molecule has 24 heavy (non-hydrogen) atoms. The van der Waals surface area contributed by atoms with Crippen LogP contribution in [-0.4, -0.2) is 24.1 Å². The molecule has 2 N–H and O–H groups in total. The molecule has 0 atom stereocenters. The fourth-order valence-corrected chi connectivity index (χ4v) is 1.92. The first-order valence-corrected chi connectivity index (χ1v) is 7.94. The van der Waals surface area contributed by atoms with Gasteiger partial charge in [0.2, 0.25) is 0 Å². The number of allylic oxidation sites excluding steroid dienone is 2. The topological polar surface area (TPSA) is 74.2 Å². The first-order chi connectivity index (χ1) is 11.7. The van der Waals surface area contributed by atoms with Crippen molar-refractivity contribution in [3.05, 3.63) is 60.8 Å². The molecule has 0 radical (unpaired) electrons. The molecule has 2 aromatic rings. The zero-order chi connectivity index (χ0) is 18.4. The molecule has 0 saturated carbocycles. The monoisotopic (exact) mass is 328 g/mol. The van der Waals surface area contributed by atoms with Gasteiger partial charge in [-0.3, -0.25) is 5.41 Å². The molecule has 0 unspecified atom stereocenters. The van der Waals surface area contributed by atoms with Crippen LogP contribution < -0.4 is 0 Å². The lowest BCUT2D eigenvalue weighted by molar-refractivity contribution is 0.233. The first-order valence-electron chi connectivity index (χ1n) is 7.94. The average molecular weight is 328 g/mol. The lowest BCUT2D eigenvalue weighted by Gasteiger charge is -2.02. The Morgan fingerprint density at radius 2 is 1.96 bits per heavy atom. The van der Waals surface area contributed by atoms with Crippen molar-refractivity contribution >= 4 is 16.7 Å². The van der Waals surface area contributed by atoms with Crippen molar-refractivity contribution in [1.29, 1.82) is 10.9 Å². The van der Waals surface area contributed by atoms with Crippen molar-refractivity contribution in [3.63, 3.8) is 0 Å². The van der Waals surface area contributed by atoms with E-state index in [0.717, 1.165) is 17.4 Å². The molecule has 0 saturated heterocycles. The second kappa shape index (κ2) is 13.0. The summed E-state index contributed by atoms with van der Waals surface area (Å²) in [5.41, 5.74) is 8.63. The largest absolute Gasteiger partial charge is 0.381 e. The number of nitrogens with zero attached hydrogens (tertiary/aromatic N) is 2. The Hall–Kier alpha value is -2.53. The van der Waals surface area contributed by atoms with Gasteiger partial charge in [-0.1, -0.05) is 32.1 Å². The van der Waals surface area contributed by atoms with Gasteiger partial charge in [-0.2, -0.15) is 0 Å². The van der Waals surface area contributed by atoms with Crippen molar-refractivity contribution in [2.45, 2.75) is 27.3 Å². The molecule has 1 aromatic heterocycles. The Morgan fingerprint density at radius 1 is 1.29 bits per heavy atom. The Labute approximate surface area is 144 Å². The van der Waals surface area contributed by atoms with Gasteiger partial charge in [0.05, 0.1) is 6.61 Å². The lowest BCUT2D eigenvalue weighted by Crippen LogP contribution is -1.95. The van der Waals surface area contributed by atoms with Gasteiger partial charge in [0.1, 0.15) is 0 Å². The van der Waals surface area contributed by atoms with Crippen molar-refractivity contribution in [3.8, 4) is 0 Å². The molecule has 130 valence electrons. The number of hydrogen-bond acceptors (Lipinski definition) is 3. The molecule has 5 heteroatoms. The number of nitrogens with one attached hydrogen (secondary N) is 2. The van der Waals surface area contributed by atoms with Gasteiger partial charge in [-0.05, 0) is 31.2 Å². The van der Waals surface area contributed by atoms with Crippen LogP contribution in [0.15, 0.2) is 60.4 Å². The highest BCUT2D eigenvalue weighted by Crippen LogP contribution is 2.18. The molecule has 5 nitrogen and oxygen atoms in total. The number of aromatic nitrogens is 1. The number of rotatable bonds is 5. The van der Waals surface area contributed by atoms with Crippen molar-refractivity contribution in [1.82, 2.24) is 4.57 Å². The molecule has 1 aromatic carbocycles.